The fourth-order valence-corrected chi connectivity index (χ4v) is 5.70. The van der Waals surface area contributed by atoms with E-state index in [1.807, 2.05) is 19.2 Å². The SMILES string of the molecule is COCCOCCNC(=O)c1cc(C)c(-c2cc3c(NCC4CCC(N)CC4)c(C(N)=Nc4cc(F)ccc4Cl)cnn3c2)cn1. The van der Waals surface area contributed by atoms with Gasteiger partial charge in [-0.05, 0) is 68.4 Å². The standard InChI is InChI=1S/C33H40ClFN8O3/c1-20-13-29(33(44)38-9-10-46-12-11-45-2)39-17-25(20)22-14-30-31(40-16-21-3-6-24(36)7-4-21)26(18-41-43(30)19-22)32(37)42-28-15-23(35)5-8-27(28)34/h5,8,13-15,17-19,21,24,40H,3-4,6-7,9-12,16,36H2,1-2H3,(H2,37,42)(H,38,44). The minimum Gasteiger partial charge on any atom is -0.383 e. The number of hydrogen-bond donors (Lipinski definition) is 4. The molecule has 1 aromatic carbocycles. The molecule has 4 aromatic rings. The van der Waals surface area contributed by atoms with Crippen LogP contribution in [0.2, 0.25) is 5.02 Å². The Morgan fingerprint density at radius 2 is 1.96 bits per heavy atom. The van der Waals surface area contributed by atoms with Crippen molar-refractivity contribution >= 4 is 40.2 Å². The van der Waals surface area contributed by atoms with Crippen LogP contribution in [0.25, 0.3) is 16.6 Å². The first-order valence-electron chi connectivity index (χ1n) is 15.4. The first kappa shape index (κ1) is 33.3. The van der Waals surface area contributed by atoms with Gasteiger partial charge in [-0.3, -0.25) is 9.78 Å². The number of carbonyl (C=O) groups excluding carboxylic acids is 1. The molecule has 11 nitrogen and oxygen atoms in total. The van der Waals surface area contributed by atoms with E-state index in [1.54, 1.807) is 30.1 Å². The molecule has 0 radical (unpaired) electrons. The number of carbonyl (C=O) groups is 1. The van der Waals surface area contributed by atoms with Crippen LogP contribution in [0, 0.1) is 18.7 Å². The minimum absolute atomic E-state index is 0.149. The Balaban J connectivity index is 1.43. The molecule has 1 amide bonds. The van der Waals surface area contributed by atoms with Crippen molar-refractivity contribution in [3.05, 3.63) is 76.6 Å². The Hall–Kier alpha value is -4.10. The number of nitrogens with two attached hydrogens (primary N) is 2. The molecule has 3 aromatic heterocycles. The van der Waals surface area contributed by atoms with Gasteiger partial charge in [0.2, 0.25) is 0 Å². The number of pyridine rings is 1. The molecule has 0 atom stereocenters. The summed E-state index contributed by atoms with van der Waals surface area (Å²) in [6.45, 7) is 4.37. The van der Waals surface area contributed by atoms with Gasteiger partial charge in [0.1, 0.15) is 17.3 Å². The molecule has 1 aliphatic rings. The Bertz CT molecular complexity index is 1700. The van der Waals surface area contributed by atoms with Crippen molar-refractivity contribution in [3.8, 4) is 11.1 Å². The molecule has 5 rings (SSSR count). The van der Waals surface area contributed by atoms with Gasteiger partial charge in [0.15, 0.2) is 0 Å². The first-order valence-corrected chi connectivity index (χ1v) is 15.7. The van der Waals surface area contributed by atoms with E-state index in [9.17, 15) is 9.18 Å². The largest absolute Gasteiger partial charge is 0.383 e. The number of amides is 1. The van der Waals surface area contributed by atoms with E-state index in [4.69, 9.17) is 32.5 Å². The summed E-state index contributed by atoms with van der Waals surface area (Å²) in [4.78, 5) is 21.6. The molecule has 0 saturated heterocycles. The maximum Gasteiger partial charge on any atom is 0.269 e. The summed E-state index contributed by atoms with van der Waals surface area (Å²) in [6.07, 6.45) is 9.28. The van der Waals surface area contributed by atoms with Gasteiger partial charge >= 0.3 is 0 Å². The van der Waals surface area contributed by atoms with E-state index < -0.39 is 5.82 Å². The highest BCUT2D eigenvalue weighted by Crippen LogP contribution is 2.33. The minimum atomic E-state index is -0.464. The number of aliphatic imine (C=N–C) groups is 1. The molecule has 46 heavy (non-hydrogen) atoms. The number of rotatable bonds is 13. The van der Waals surface area contributed by atoms with E-state index in [-0.39, 0.29) is 28.5 Å². The van der Waals surface area contributed by atoms with E-state index in [0.29, 0.717) is 43.5 Å². The number of benzene rings is 1. The predicted molar refractivity (Wildman–Crippen MR) is 178 cm³/mol. The number of halogens is 2. The number of fused-ring (bicyclic) bond motifs is 1. The lowest BCUT2D eigenvalue weighted by molar-refractivity contribution is 0.0692. The summed E-state index contributed by atoms with van der Waals surface area (Å²) in [5, 5.41) is 11.3. The zero-order valence-electron chi connectivity index (χ0n) is 26.1. The number of nitrogens with one attached hydrogen (secondary N) is 2. The summed E-state index contributed by atoms with van der Waals surface area (Å²) in [6, 6.07) is 7.97. The Morgan fingerprint density at radius 1 is 1.15 bits per heavy atom. The van der Waals surface area contributed by atoms with Gasteiger partial charge in [0, 0.05) is 55.8 Å². The second kappa shape index (κ2) is 15.5. The summed E-state index contributed by atoms with van der Waals surface area (Å²) >= 11 is 6.29. The van der Waals surface area contributed by atoms with Gasteiger partial charge in [-0.1, -0.05) is 11.6 Å². The number of aromatic nitrogens is 3. The fourth-order valence-electron chi connectivity index (χ4n) is 5.54. The molecule has 1 fully saturated rings. The molecule has 0 unspecified atom stereocenters. The molecule has 3 heterocycles. The zero-order valence-corrected chi connectivity index (χ0v) is 26.8. The van der Waals surface area contributed by atoms with Crippen LogP contribution in [0.15, 0.2) is 53.9 Å². The predicted octanol–water partition coefficient (Wildman–Crippen LogP) is 4.86. The lowest BCUT2D eigenvalue weighted by Crippen LogP contribution is -2.29. The lowest BCUT2D eigenvalue weighted by atomic mass is 9.86. The van der Waals surface area contributed by atoms with Crippen LogP contribution in [0.5, 0.6) is 0 Å². The van der Waals surface area contributed by atoms with Crippen molar-refractivity contribution in [2.24, 2.45) is 22.4 Å². The maximum absolute atomic E-state index is 14.0. The van der Waals surface area contributed by atoms with Crippen LogP contribution in [0.3, 0.4) is 0 Å². The number of methoxy groups -OCH3 is 1. The Kier molecular flexibility index (Phi) is 11.2. The van der Waals surface area contributed by atoms with Crippen LogP contribution in [-0.4, -0.2) is 72.4 Å². The van der Waals surface area contributed by atoms with Crippen LogP contribution >= 0.6 is 11.6 Å². The number of ether oxygens (including phenoxy) is 2. The molecule has 0 bridgehead atoms. The van der Waals surface area contributed by atoms with Crippen LogP contribution in [0.4, 0.5) is 15.8 Å². The van der Waals surface area contributed by atoms with Crippen LogP contribution in [-0.2, 0) is 9.47 Å². The average Bonchev–Trinajstić information content (AvgIpc) is 3.48. The molecule has 0 aliphatic heterocycles. The van der Waals surface area contributed by atoms with Crippen LogP contribution in [0.1, 0.15) is 47.3 Å². The molecule has 1 saturated carbocycles. The highest BCUT2D eigenvalue weighted by molar-refractivity contribution is 6.33. The average molecular weight is 651 g/mol. The normalized spacial score (nSPS) is 16.9. The van der Waals surface area contributed by atoms with Gasteiger partial charge in [0.25, 0.3) is 5.91 Å². The van der Waals surface area contributed by atoms with Crippen molar-refractivity contribution < 1.29 is 18.7 Å². The third-order valence-electron chi connectivity index (χ3n) is 8.14. The maximum atomic E-state index is 14.0. The van der Waals surface area contributed by atoms with Crippen molar-refractivity contribution in [2.75, 3.05) is 45.3 Å². The molecular weight excluding hydrogens is 611 g/mol. The van der Waals surface area contributed by atoms with Crippen molar-refractivity contribution in [3.63, 3.8) is 0 Å². The first-order chi connectivity index (χ1) is 22.2. The smallest absolute Gasteiger partial charge is 0.269 e. The Labute approximate surface area is 272 Å². The van der Waals surface area contributed by atoms with Crippen molar-refractivity contribution in [1.82, 2.24) is 19.9 Å². The Morgan fingerprint density at radius 3 is 2.72 bits per heavy atom. The van der Waals surface area contributed by atoms with Gasteiger partial charge in [0.05, 0.1) is 53.5 Å². The highest BCUT2D eigenvalue weighted by Gasteiger charge is 2.21. The van der Waals surface area contributed by atoms with E-state index in [1.165, 1.54) is 18.2 Å². The van der Waals surface area contributed by atoms with Crippen molar-refractivity contribution in [1.29, 1.82) is 0 Å². The lowest BCUT2D eigenvalue weighted by Gasteiger charge is -2.27. The monoisotopic (exact) mass is 650 g/mol. The summed E-state index contributed by atoms with van der Waals surface area (Å²) in [5.74, 6) is -0.139. The molecule has 6 N–H and O–H groups in total. The van der Waals surface area contributed by atoms with Gasteiger partial charge in [-0.15, -0.1) is 0 Å². The van der Waals surface area contributed by atoms with Crippen LogP contribution < -0.4 is 22.1 Å². The highest BCUT2D eigenvalue weighted by atomic mass is 35.5. The summed E-state index contributed by atoms with van der Waals surface area (Å²) in [5.41, 5.74) is 17.9. The number of hydrogen-bond acceptors (Lipinski definition) is 8. The van der Waals surface area contributed by atoms with Gasteiger partial charge < -0.3 is 31.6 Å². The quantitative estimate of drug-likeness (QED) is 0.0909. The molecular formula is C33H40ClFN8O3. The second-order valence-corrected chi connectivity index (χ2v) is 11.9. The summed E-state index contributed by atoms with van der Waals surface area (Å²) in [7, 11) is 1.61. The number of amidine groups is 1. The zero-order chi connectivity index (χ0) is 32.6. The van der Waals surface area contributed by atoms with E-state index in [2.05, 4.69) is 25.7 Å². The molecule has 13 heteroatoms. The summed E-state index contributed by atoms with van der Waals surface area (Å²) < 4.78 is 26.1. The second-order valence-electron chi connectivity index (χ2n) is 11.5. The van der Waals surface area contributed by atoms with E-state index >= 15 is 0 Å². The topological polar surface area (TPSA) is 154 Å². The fraction of sp³-hybridized carbons (Fsp3) is 0.394. The molecule has 1 aliphatic carbocycles. The van der Waals surface area contributed by atoms with Gasteiger partial charge in [-0.25, -0.2) is 13.9 Å². The number of aryl methyl sites for hydroxylation is 1. The molecule has 0 spiro atoms. The number of nitrogens with zero attached hydrogens (tertiary/aromatic N) is 4. The van der Waals surface area contributed by atoms with Gasteiger partial charge in [-0.2, -0.15) is 5.10 Å². The van der Waals surface area contributed by atoms with E-state index in [0.717, 1.165) is 60.1 Å². The van der Waals surface area contributed by atoms with Crippen molar-refractivity contribution in [2.45, 2.75) is 38.6 Å². The number of anilines is 1. The molecule has 244 valence electrons. The third-order valence-corrected chi connectivity index (χ3v) is 8.46. The third kappa shape index (κ3) is 8.18.